The van der Waals surface area contributed by atoms with Crippen molar-refractivity contribution in [3.63, 3.8) is 0 Å². The molecule has 128 valence electrons. The van der Waals surface area contributed by atoms with E-state index in [1.165, 1.54) is 13.0 Å². The van der Waals surface area contributed by atoms with Crippen LogP contribution < -0.4 is 4.72 Å². The number of hydrogen-bond donors (Lipinski definition) is 4. The van der Waals surface area contributed by atoms with Gasteiger partial charge >= 0.3 is 0 Å². The van der Waals surface area contributed by atoms with Gasteiger partial charge in [-0.05, 0) is 18.6 Å². The largest absolute Gasteiger partial charge is 0.388 e. The van der Waals surface area contributed by atoms with Crippen molar-refractivity contribution >= 4 is 16.1 Å². The molecule has 1 aliphatic rings. The minimum atomic E-state index is -3.72. The summed E-state index contributed by atoms with van der Waals surface area (Å²) in [5, 5.41) is 30.1. The van der Waals surface area contributed by atoms with Gasteiger partial charge in [0.2, 0.25) is 10.0 Å². The predicted molar refractivity (Wildman–Crippen MR) is 84.8 cm³/mol. The first-order chi connectivity index (χ1) is 10.8. The highest BCUT2D eigenvalue weighted by Crippen LogP contribution is 2.20. The monoisotopic (exact) mass is 343 g/mol. The fraction of sp³-hybridized carbons (Fsp3) is 0.467. The van der Waals surface area contributed by atoms with Crippen molar-refractivity contribution in [1.82, 2.24) is 4.72 Å². The van der Waals surface area contributed by atoms with Gasteiger partial charge in [0.25, 0.3) is 0 Å². The number of aliphatic hydroxyl groups is 3. The molecular formula is C15H21NO6S. The van der Waals surface area contributed by atoms with Gasteiger partial charge < -0.3 is 20.1 Å². The quantitative estimate of drug-likeness (QED) is 0.570. The second kappa shape index (κ2) is 7.52. The lowest BCUT2D eigenvalue weighted by Gasteiger charge is -2.39. The average Bonchev–Trinajstić information content (AvgIpc) is 2.54. The Morgan fingerprint density at radius 3 is 2.43 bits per heavy atom. The minimum absolute atomic E-state index is 0.212. The molecule has 2 rings (SSSR count). The third kappa shape index (κ3) is 4.84. The molecule has 4 N–H and O–H groups in total. The maximum atomic E-state index is 11.9. The Balaban J connectivity index is 1.95. The van der Waals surface area contributed by atoms with E-state index in [2.05, 4.69) is 4.72 Å². The number of benzene rings is 1. The average molecular weight is 343 g/mol. The van der Waals surface area contributed by atoms with Crippen molar-refractivity contribution in [2.24, 2.45) is 0 Å². The molecule has 23 heavy (non-hydrogen) atoms. The molecule has 0 radical (unpaired) electrons. The third-order valence-corrected chi connectivity index (χ3v) is 4.74. The summed E-state index contributed by atoms with van der Waals surface area (Å²) in [4.78, 5) is 0. The smallest absolute Gasteiger partial charge is 0.233 e. The van der Waals surface area contributed by atoms with Gasteiger partial charge in [-0.2, -0.15) is 0 Å². The molecule has 7 nitrogen and oxygen atoms in total. The minimum Gasteiger partial charge on any atom is -0.388 e. The lowest BCUT2D eigenvalue weighted by atomic mass is 9.96. The molecule has 1 aromatic carbocycles. The fourth-order valence-electron chi connectivity index (χ4n) is 2.28. The first kappa shape index (κ1) is 18.1. The van der Waals surface area contributed by atoms with E-state index in [1.807, 2.05) is 6.07 Å². The summed E-state index contributed by atoms with van der Waals surface area (Å²) >= 11 is 0. The third-order valence-electron chi connectivity index (χ3n) is 3.68. The Hall–Kier alpha value is -1.29. The summed E-state index contributed by atoms with van der Waals surface area (Å²) in [6.07, 6.45) is -4.17. The van der Waals surface area contributed by atoms with Crippen molar-refractivity contribution in [3.05, 3.63) is 41.3 Å². The lowest BCUT2D eigenvalue weighted by molar-refractivity contribution is -0.214. The van der Waals surface area contributed by atoms with Crippen LogP contribution in [0, 0.1) is 0 Å². The molecular weight excluding hydrogens is 322 g/mol. The van der Waals surface area contributed by atoms with Gasteiger partial charge in [0.1, 0.15) is 24.4 Å². The summed E-state index contributed by atoms with van der Waals surface area (Å²) in [6.45, 7) is 1.33. The predicted octanol–water partition coefficient (Wildman–Crippen LogP) is -0.553. The summed E-state index contributed by atoms with van der Waals surface area (Å²) < 4.78 is 31.5. The van der Waals surface area contributed by atoms with Crippen LogP contribution in [0.1, 0.15) is 12.5 Å². The standard InChI is InChI=1S/C15H21NO6S/c1-10-13(17)15(19)14(18)12(22-10)9-16-23(20,21)8-7-11-5-3-2-4-6-11/h2-8,10,12-19H,9H2,1H3/b8-7+/t10-,12+,13+,14+,15+/m0/s1. The van der Waals surface area contributed by atoms with E-state index in [4.69, 9.17) is 4.74 Å². The SMILES string of the molecule is C[C@@H]1O[C@H](CNS(=O)(=O)/C=C/c2ccccc2)[C@@H](O)[C@H](O)[C@@H]1O. The van der Waals surface area contributed by atoms with Crippen molar-refractivity contribution in [1.29, 1.82) is 0 Å². The topological polar surface area (TPSA) is 116 Å². The maximum Gasteiger partial charge on any atom is 0.233 e. The van der Waals surface area contributed by atoms with Crippen LogP contribution in [0.25, 0.3) is 6.08 Å². The first-order valence-electron chi connectivity index (χ1n) is 7.22. The molecule has 1 fully saturated rings. The van der Waals surface area contributed by atoms with E-state index in [-0.39, 0.29) is 6.54 Å². The highest BCUT2D eigenvalue weighted by molar-refractivity contribution is 7.92. The Morgan fingerprint density at radius 2 is 1.78 bits per heavy atom. The van der Waals surface area contributed by atoms with Crippen molar-refractivity contribution in [2.45, 2.75) is 37.4 Å². The molecule has 1 saturated heterocycles. The van der Waals surface area contributed by atoms with Gasteiger partial charge in [-0.1, -0.05) is 30.3 Å². The number of rotatable bonds is 5. The molecule has 5 atom stereocenters. The molecule has 0 unspecified atom stereocenters. The fourth-order valence-corrected chi connectivity index (χ4v) is 3.11. The van der Waals surface area contributed by atoms with E-state index in [9.17, 15) is 23.7 Å². The number of sulfonamides is 1. The van der Waals surface area contributed by atoms with Crippen LogP contribution >= 0.6 is 0 Å². The van der Waals surface area contributed by atoms with E-state index in [0.717, 1.165) is 11.0 Å². The molecule has 1 heterocycles. The first-order valence-corrected chi connectivity index (χ1v) is 8.77. The molecule has 1 aliphatic heterocycles. The number of aliphatic hydroxyl groups excluding tert-OH is 3. The van der Waals surface area contributed by atoms with Crippen LogP contribution in [0.3, 0.4) is 0 Å². The zero-order valence-electron chi connectivity index (χ0n) is 12.6. The van der Waals surface area contributed by atoms with E-state index < -0.39 is 40.5 Å². The molecule has 0 saturated carbocycles. The summed E-state index contributed by atoms with van der Waals surface area (Å²) in [5.41, 5.74) is 0.735. The number of hydrogen-bond acceptors (Lipinski definition) is 6. The second-order valence-electron chi connectivity index (χ2n) is 5.46. The van der Waals surface area contributed by atoms with Crippen molar-refractivity contribution in [3.8, 4) is 0 Å². The van der Waals surface area contributed by atoms with Crippen molar-refractivity contribution < 1.29 is 28.5 Å². The molecule has 1 aromatic rings. The van der Waals surface area contributed by atoms with Gasteiger partial charge in [0.15, 0.2) is 0 Å². The number of nitrogens with one attached hydrogen (secondary N) is 1. The van der Waals surface area contributed by atoms with Gasteiger partial charge in [-0.3, -0.25) is 0 Å². The van der Waals surface area contributed by atoms with E-state index in [0.29, 0.717) is 0 Å². The zero-order valence-corrected chi connectivity index (χ0v) is 13.4. The van der Waals surface area contributed by atoms with Crippen LogP contribution in [-0.2, 0) is 14.8 Å². The van der Waals surface area contributed by atoms with Crippen LogP contribution in [0.2, 0.25) is 0 Å². The van der Waals surface area contributed by atoms with Crippen LogP contribution in [0.4, 0.5) is 0 Å². The summed E-state index contributed by atoms with van der Waals surface area (Å²) in [6, 6.07) is 8.94. The van der Waals surface area contributed by atoms with Crippen LogP contribution in [-0.4, -0.2) is 60.8 Å². The zero-order chi connectivity index (χ0) is 17.0. The Kier molecular flexibility index (Phi) is 5.90. The van der Waals surface area contributed by atoms with Crippen LogP contribution in [0.15, 0.2) is 35.7 Å². The van der Waals surface area contributed by atoms with Crippen molar-refractivity contribution in [2.75, 3.05) is 6.54 Å². The maximum absolute atomic E-state index is 11.9. The molecule has 0 amide bonds. The molecule has 8 heteroatoms. The molecule has 0 aromatic heterocycles. The summed E-state index contributed by atoms with van der Waals surface area (Å²) in [7, 11) is -3.72. The van der Waals surface area contributed by atoms with Gasteiger partial charge in [0, 0.05) is 12.0 Å². The molecule has 0 bridgehead atoms. The van der Waals surface area contributed by atoms with E-state index in [1.54, 1.807) is 24.3 Å². The number of ether oxygens (including phenoxy) is 1. The van der Waals surface area contributed by atoms with Crippen LogP contribution in [0.5, 0.6) is 0 Å². The Bertz CT molecular complexity index is 633. The molecule has 0 spiro atoms. The second-order valence-corrected chi connectivity index (χ2v) is 7.11. The Labute approximate surface area is 135 Å². The molecule has 0 aliphatic carbocycles. The van der Waals surface area contributed by atoms with Gasteiger partial charge in [-0.15, -0.1) is 0 Å². The summed E-state index contributed by atoms with van der Waals surface area (Å²) in [5.74, 6) is 0. The highest BCUT2D eigenvalue weighted by Gasteiger charge is 2.41. The Morgan fingerprint density at radius 1 is 1.13 bits per heavy atom. The normalized spacial score (nSPS) is 32.3. The highest BCUT2D eigenvalue weighted by atomic mass is 32.2. The lowest BCUT2D eigenvalue weighted by Crippen LogP contribution is -2.59. The van der Waals surface area contributed by atoms with Gasteiger partial charge in [0.05, 0.1) is 6.10 Å². The van der Waals surface area contributed by atoms with Gasteiger partial charge in [-0.25, -0.2) is 13.1 Å². The van der Waals surface area contributed by atoms with E-state index >= 15 is 0 Å².